The third-order valence-corrected chi connectivity index (χ3v) is 1.75. The number of carbonyl (C=O) groups excluding carboxylic acids is 2. The predicted octanol–water partition coefficient (Wildman–Crippen LogP) is 1.76. The largest absolute Gasteiger partial charge is 0.452 e. The fourth-order valence-electron chi connectivity index (χ4n) is 1.10. The second-order valence-electron chi connectivity index (χ2n) is 2.75. The van der Waals surface area contributed by atoms with E-state index in [1.165, 1.54) is 7.11 Å². The molecule has 1 aromatic rings. The molecule has 0 atom stereocenters. The predicted molar refractivity (Wildman–Crippen MR) is 52.3 cm³/mol. The molecule has 0 aliphatic rings. The summed E-state index contributed by atoms with van der Waals surface area (Å²) >= 11 is 0. The average Bonchev–Trinajstić information content (AvgIpc) is 2.26. The molecule has 0 saturated carbocycles. The number of hydrogen-bond donors (Lipinski definition) is 0. The van der Waals surface area contributed by atoms with Gasteiger partial charge in [0.1, 0.15) is 6.54 Å². The molecule has 0 fully saturated rings. The lowest BCUT2D eigenvalue weighted by molar-refractivity contribution is -0.127. The highest BCUT2D eigenvalue weighted by Crippen LogP contribution is 2.14. The molecule has 1 aromatic carbocycles. The smallest absolute Gasteiger partial charge is 0.414 e. The number of hydrogen-bond acceptors (Lipinski definition) is 3. The van der Waals surface area contributed by atoms with Gasteiger partial charge in [0.05, 0.1) is 7.11 Å². The molecule has 4 nitrogen and oxygen atoms in total. The van der Waals surface area contributed by atoms with E-state index in [1.54, 1.807) is 30.3 Å². The van der Waals surface area contributed by atoms with E-state index in [9.17, 15) is 14.0 Å². The van der Waals surface area contributed by atoms with Gasteiger partial charge in [-0.05, 0) is 12.1 Å². The topological polar surface area (TPSA) is 46.6 Å². The molecule has 0 spiro atoms. The van der Waals surface area contributed by atoms with Crippen LogP contribution in [-0.4, -0.2) is 25.8 Å². The number of rotatable bonds is 3. The lowest BCUT2D eigenvalue weighted by Crippen LogP contribution is -2.34. The van der Waals surface area contributed by atoms with Crippen molar-refractivity contribution in [2.75, 3.05) is 18.6 Å². The number of benzene rings is 1. The zero-order valence-electron chi connectivity index (χ0n) is 8.14. The fourth-order valence-corrected chi connectivity index (χ4v) is 1.10. The summed E-state index contributed by atoms with van der Waals surface area (Å²) in [6.07, 6.45) is -0.771. The summed E-state index contributed by atoms with van der Waals surface area (Å²) in [7, 11) is 1.17. The van der Waals surface area contributed by atoms with Crippen LogP contribution in [0.2, 0.25) is 0 Å². The highest BCUT2D eigenvalue weighted by atomic mass is 19.1. The van der Waals surface area contributed by atoms with Crippen molar-refractivity contribution < 1.29 is 18.7 Å². The molecule has 80 valence electrons. The van der Waals surface area contributed by atoms with E-state index >= 15 is 0 Å². The number of nitrogens with zero attached hydrogens (tertiary/aromatic N) is 1. The maximum absolute atomic E-state index is 12.2. The van der Waals surface area contributed by atoms with Crippen LogP contribution in [0.4, 0.5) is 14.9 Å². The molecule has 1 rings (SSSR count). The Hall–Kier alpha value is -1.91. The molecule has 0 bridgehead atoms. The van der Waals surface area contributed by atoms with Gasteiger partial charge in [0.2, 0.25) is 0 Å². The highest BCUT2D eigenvalue weighted by molar-refractivity contribution is 5.92. The highest BCUT2D eigenvalue weighted by Gasteiger charge is 2.18. The van der Waals surface area contributed by atoms with Gasteiger partial charge in [-0.25, -0.2) is 4.79 Å². The number of para-hydroxylation sites is 1. The normalized spacial score (nSPS) is 9.47. The summed E-state index contributed by atoms with van der Waals surface area (Å²) in [6.45, 7) is -0.642. The lowest BCUT2D eigenvalue weighted by Gasteiger charge is -2.18. The first-order valence-corrected chi connectivity index (χ1v) is 4.24. The van der Waals surface area contributed by atoms with E-state index in [4.69, 9.17) is 0 Å². The second kappa shape index (κ2) is 5.09. The van der Waals surface area contributed by atoms with Crippen LogP contribution in [0.15, 0.2) is 30.3 Å². The second-order valence-corrected chi connectivity index (χ2v) is 2.75. The Morgan fingerprint density at radius 3 is 2.40 bits per heavy atom. The van der Waals surface area contributed by atoms with Gasteiger partial charge in [0.25, 0.3) is 0 Å². The van der Waals surface area contributed by atoms with Gasteiger partial charge in [0, 0.05) is 5.69 Å². The average molecular weight is 211 g/mol. The third kappa shape index (κ3) is 3.05. The van der Waals surface area contributed by atoms with Crippen LogP contribution >= 0.6 is 0 Å². The number of ether oxygens (including phenoxy) is 1. The van der Waals surface area contributed by atoms with Gasteiger partial charge in [0.15, 0.2) is 0 Å². The SMILES string of the molecule is COC(=O)N(CC(=O)F)c1ccccc1. The van der Waals surface area contributed by atoms with E-state index in [0.717, 1.165) is 4.90 Å². The molecule has 0 aliphatic carbocycles. The summed E-state index contributed by atoms with van der Waals surface area (Å²) < 4.78 is 16.7. The Bertz CT molecular complexity index is 353. The van der Waals surface area contributed by atoms with E-state index in [-0.39, 0.29) is 0 Å². The molecule has 0 aromatic heterocycles. The van der Waals surface area contributed by atoms with Crippen molar-refractivity contribution in [2.24, 2.45) is 0 Å². The molecular formula is C10H10FNO3. The van der Waals surface area contributed by atoms with Crippen LogP contribution in [0.1, 0.15) is 0 Å². The minimum absolute atomic E-state index is 0.412. The first-order chi connectivity index (χ1) is 7.15. The van der Waals surface area contributed by atoms with Crippen molar-refractivity contribution in [2.45, 2.75) is 0 Å². The molecule has 1 amide bonds. The molecule has 0 aliphatic heterocycles. The molecule has 5 heteroatoms. The van der Waals surface area contributed by atoms with Gasteiger partial charge in [-0.15, -0.1) is 0 Å². The monoisotopic (exact) mass is 211 g/mol. The Labute approximate surface area is 86.3 Å². The number of carbonyl (C=O) groups is 2. The van der Waals surface area contributed by atoms with Crippen LogP contribution in [0.25, 0.3) is 0 Å². The van der Waals surface area contributed by atoms with E-state index < -0.39 is 18.7 Å². The molecule has 15 heavy (non-hydrogen) atoms. The van der Waals surface area contributed by atoms with Crippen molar-refractivity contribution >= 4 is 17.8 Å². The van der Waals surface area contributed by atoms with Crippen molar-refractivity contribution in [3.63, 3.8) is 0 Å². The van der Waals surface area contributed by atoms with Crippen molar-refractivity contribution in [3.8, 4) is 0 Å². The number of halogens is 1. The Morgan fingerprint density at radius 1 is 1.33 bits per heavy atom. The molecule has 0 heterocycles. The van der Waals surface area contributed by atoms with Crippen molar-refractivity contribution in [1.29, 1.82) is 0 Å². The van der Waals surface area contributed by atoms with Gasteiger partial charge in [-0.1, -0.05) is 18.2 Å². The molecule has 0 radical (unpaired) electrons. The Kier molecular flexibility index (Phi) is 3.79. The van der Waals surface area contributed by atoms with Crippen molar-refractivity contribution in [3.05, 3.63) is 30.3 Å². The quantitative estimate of drug-likeness (QED) is 0.715. The summed E-state index contributed by atoms with van der Waals surface area (Å²) in [4.78, 5) is 22.5. The molecule has 0 N–H and O–H groups in total. The Morgan fingerprint density at radius 2 is 1.93 bits per heavy atom. The molecule has 0 unspecified atom stereocenters. The van der Waals surface area contributed by atoms with Gasteiger partial charge >= 0.3 is 12.1 Å². The maximum Gasteiger partial charge on any atom is 0.414 e. The van der Waals surface area contributed by atoms with Crippen LogP contribution in [0, 0.1) is 0 Å². The summed E-state index contributed by atoms with van der Waals surface area (Å²) in [5.74, 6) is 0. The first kappa shape index (κ1) is 11.2. The van der Waals surface area contributed by atoms with Gasteiger partial charge < -0.3 is 4.74 Å². The van der Waals surface area contributed by atoms with Crippen LogP contribution < -0.4 is 4.90 Å². The van der Waals surface area contributed by atoms with Crippen LogP contribution in [-0.2, 0) is 9.53 Å². The van der Waals surface area contributed by atoms with E-state index in [1.807, 2.05) is 0 Å². The van der Waals surface area contributed by atoms with Crippen LogP contribution in [0.3, 0.4) is 0 Å². The van der Waals surface area contributed by atoms with E-state index in [0.29, 0.717) is 5.69 Å². The third-order valence-electron chi connectivity index (χ3n) is 1.75. The Balaban J connectivity index is 2.91. The summed E-state index contributed by atoms with van der Waals surface area (Å²) in [5, 5.41) is 0. The number of anilines is 1. The lowest BCUT2D eigenvalue weighted by atomic mass is 10.3. The molecule has 0 saturated heterocycles. The minimum Gasteiger partial charge on any atom is -0.452 e. The zero-order chi connectivity index (χ0) is 11.3. The number of methoxy groups -OCH3 is 1. The fraction of sp³-hybridized carbons (Fsp3) is 0.200. The standard InChI is InChI=1S/C10H10FNO3/c1-15-10(14)12(7-9(11)13)8-5-3-2-4-6-8/h2-6H,7H2,1H3. The first-order valence-electron chi connectivity index (χ1n) is 4.24. The molecular weight excluding hydrogens is 201 g/mol. The number of amides is 1. The maximum atomic E-state index is 12.2. The zero-order valence-corrected chi connectivity index (χ0v) is 8.14. The minimum atomic E-state index is -1.59. The summed E-state index contributed by atoms with van der Waals surface area (Å²) in [6, 6.07) is 6.67. The van der Waals surface area contributed by atoms with E-state index in [2.05, 4.69) is 4.74 Å². The van der Waals surface area contributed by atoms with Gasteiger partial charge in [-0.2, -0.15) is 4.39 Å². The van der Waals surface area contributed by atoms with Crippen molar-refractivity contribution in [1.82, 2.24) is 0 Å². The van der Waals surface area contributed by atoms with Crippen LogP contribution in [0.5, 0.6) is 0 Å². The van der Waals surface area contributed by atoms with Gasteiger partial charge in [-0.3, -0.25) is 9.69 Å². The summed E-state index contributed by atoms with van der Waals surface area (Å²) in [5.41, 5.74) is 0.412.